The highest BCUT2D eigenvalue weighted by Gasteiger charge is 2.62. The predicted molar refractivity (Wildman–Crippen MR) is 105 cm³/mol. The van der Waals surface area contributed by atoms with E-state index >= 15 is 0 Å². The minimum atomic E-state index is -1.29. The van der Waals surface area contributed by atoms with E-state index in [-0.39, 0.29) is 6.04 Å². The van der Waals surface area contributed by atoms with E-state index in [2.05, 4.69) is 16.3 Å². The summed E-state index contributed by atoms with van der Waals surface area (Å²) in [5.74, 6) is -0.895. The third-order valence-corrected chi connectivity index (χ3v) is 6.30. The van der Waals surface area contributed by atoms with Crippen LogP contribution in [0.4, 0.5) is 16.2 Å². The number of hydrogen-bond donors (Lipinski definition) is 1. The molecule has 6 nitrogen and oxygen atoms in total. The maximum Gasteiger partial charge on any atom is 0.335 e. The fourth-order valence-corrected chi connectivity index (χ4v) is 4.96. The van der Waals surface area contributed by atoms with Gasteiger partial charge in [0.1, 0.15) is 0 Å². The van der Waals surface area contributed by atoms with Crippen LogP contribution in [0.3, 0.4) is 0 Å². The van der Waals surface area contributed by atoms with Crippen LogP contribution in [0, 0.1) is 12.3 Å². The number of para-hydroxylation sites is 1. The Hall–Kier alpha value is -3.15. The summed E-state index contributed by atoms with van der Waals surface area (Å²) in [5.41, 5.74) is 2.30. The largest absolute Gasteiger partial charge is 0.367 e. The van der Waals surface area contributed by atoms with Crippen molar-refractivity contribution in [3.8, 4) is 0 Å². The van der Waals surface area contributed by atoms with Crippen molar-refractivity contribution in [3.63, 3.8) is 0 Å². The summed E-state index contributed by atoms with van der Waals surface area (Å²) in [6.07, 6.45) is 1.98. The Balaban J connectivity index is 1.65. The molecule has 4 amide bonds. The summed E-state index contributed by atoms with van der Waals surface area (Å²) in [5, 5.41) is 2.48. The van der Waals surface area contributed by atoms with Gasteiger partial charge >= 0.3 is 6.03 Å². The van der Waals surface area contributed by atoms with E-state index < -0.39 is 23.3 Å². The van der Waals surface area contributed by atoms with Crippen molar-refractivity contribution in [1.82, 2.24) is 5.32 Å². The summed E-state index contributed by atoms with van der Waals surface area (Å²) in [4.78, 5) is 42.9. The summed E-state index contributed by atoms with van der Waals surface area (Å²) < 4.78 is 0. The molecule has 5 rings (SSSR count). The van der Waals surface area contributed by atoms with E-state index in [0.717, 1.165) is 41.1 Å². The van der Waals surface area contributed by atoms with Gasteiger partial charge in [-0.05, 0) is 49.9 Å². The molecule has 2 aromatic rings. The zero-order valence-electron chi connectivity index (χ0n) is 15.6. The van der Waals surface area contributed by atoms with E-state index in [9.17, 15) is 14.4 Å². The highest BCUT2D eigenvalue weighted by molar-refractivity contribution is 6.30. The molecule has 6 heteroatoms. The van der Waals surface area contributed by atoms with Crippen molar-refractivity contribution in [2.45, 2.75) is 32.2 Å². The van der Waals surface area contributed by atoms with E-state index in [1.54, 1.807) is 12.1 Å². The van der Waals surface area contributed by atoms with Crippen molar-refractivity contribution in [1.29, 1.82) is 0 Å². The highest BCUT2D eigenvalue weighted by atomic mass is 16.2. The van der Waals surface area contributed by atoms with E-state index in [1.807, 2.05) is 37.3 Å². The summed E-state index contributed by atoms with van der Waals surface area (Å²) in [6.45, 7) is 2.75. The number of benzene rings is 2. The molecule has 2 aromatic carbocycles. The number of carbonyl (C=O) groups excluding carboxylic acids is 3. The van der Waals surface area contributed by atoms with Crippen LogP contribution < -0.4 is 15.1 Å². The molecule has 0 bridgehead atoms. The number of amides is 4. The van der Waals surface area contributed by atoms with E-state index in [4.69, 9.17) is 0 Å². The first-order valence-electron chi connectivity index (χ1n) is 9.63. The number of carbonyl (C=O) groups is 3. The van der Waals surface area contributed by atoms with Crippen LogP contribution in [-0.2, 0) is 16.0 Å². The molecule has 0 saturated carbocycles. The fourth-order valence-electron chi connectivity index (χ4n) is 4.96. The number of nitrogens with zero attached hydrogens (tertiary/aromatic N) is 2. The summed E-state index contributed by atoms with van der Waals surface area (Å²) in [6, 6.07) is 14.2. The molecule has 0 aromatic heterocycles. The van der Waals surface area contributed by atoms with Gasteiger partial charge in [-0.25, -0.2) is 9.69 Å². The number of hydrogen-bond acceptors (Lipinski definition) is 4. The summed E-state index contributed by atoms with van der Waals surface area (Å²) in [7, 11) is 0. The van der Waals surface area contributed by atoms with Crippen molar-refractivity contribution < 1.29 is 14.4 Å². The van der Waals surface area contributed by atoms with Crippen molar-refractivity contribution in [3.05, 3.63) is 59.7 Å². The van der Waals surface area contributed by atoms with Crippen LogP contribution in [0.25, 0.3) is 0 Å². The van der Waals surface area contributed by atoms with Gasteiger partial charge in [-0.2, -0.15) is 0 Å². The van der Waals surface area contributed by atoms with Gasteiger partial charge in [0.05, 0.1) is 11.7 Å². The number of aryl methyl sites for hydroxylation is 1. The lowest BCUT2D eigenvalue weighted by Gasteiger charge is -2.49. The maximum absolute atomic E-state index is 13.8. The Kier molecular flexibility index (Phi) is 3.59. The minimum absolute atomic E-state index is 0.240. The first-order valence-corrected chi connectivity index (χ1v) is 9.63. The Morgan fingerprint density at radius 3 is 2.57 bits per heavy atom. The predicted octanol–water partition coefficient (Wildman–Crippen LogP) is 2.79. The molecule has 1 N–H and O–H groups in total. The molecule has 28 heavy (non-hydrogen) atoms. The maximum atomic E-state index is 13.8. The Bertz CT molecular complexity index is 1000. The van der Waals surface area contributed by atoms with Gasteiger partial charge in [-0.3, -0.25) is 14.9 Å². The molecule has 3 aliphatic rings. The highest BCUT2D eigenvalue weighted by Crippen LogP contribution is 2.48. The summed E-state index contributed by atoms with van der Waals surface area (Å²) >= 11 is 0. The molecule has 2 atom stereocenters. The standard InChI is InChI=1S/C22H21N3O3/c1-14-8-10-16(11-9-14)25-20(27)22(19(26)23-21(25)28)13-15-5-2-3-6-17(15)24-12-4-7-18(22)24/h2-3,5-6,8-11,18H,4,7,12-13H2,1H3,(H,23,26,28)/t18-,22-/m1/s1. The average molecular weight is 375 g/mol. The molecule has 2 fully saturated rings. The fraction of sp³-hybridized carbons (Fsp3) is 0.318. The minimum Gasteiger partial charge on any atom is -0.367 e. The number of barbiturate groups is 1. The Morgan fingerprint density at radius 1 is 1.04 bits per heavy atom. The second kappa shape index (κ2) is 5.92. The Morgan fingerprint density at radius 2 is 1.79 bits per heavy atom. The molecule has 3 aliphatic heterocycles. The lowest BCUT2D eigenvalue weighted by Crippen LogP contribution is -2.71. The van der Waals surface area contributed by atoms with Gasteiger partial charge in [0.25, 0.3) is 5.91 Å². The number of fused-ring (bicyclic) bond motifs is 4. The van der Waals surface area contributed by atoms with Crippen LogP contribution in [0.5, 0.6) is 0 Å². The van der Waals surface area contributed by atoms with Crippen LogP contribution in [0.2, 0.25) is 0 Å². The number of nitrogens with one attached hydrogen (secondary N) is 1. The van der Waals surface area contributed by atoms with Gasteiger partial charge < -0.3 is 4.90 Å². The molecule has 1 spiro atoms. The van der Waals surface area contributed by atoms with Crippen molar-refractivity contribution >= 4 is 29.2 Å². The lowest BCUT2D eigenvalue weighted by atomic mass is 9.68. The van der Waals surface area contributed by atoms with Crippen LogP contribution in [-0.4, -0.2) is 30.4 Å². The van der Waals surface area contributed by atoms with Crippen molar-refractivity contribution in [2.24, 2.45) is 5.41 Å². The third kappa shape index (κ3) is 2.17. The van der Waals surface area contributed by atoms with Crippen LogP contribution >= 0.6 is 0 Å². The lowest BCUT2D eigenvalue weighted by molar-refractivity contribution is -0.144. The first kappa shape index (κ1) is 17.0. The molecule has 0 radical (unpaired) electrons. The van der Waals surface area contributed by atoms with E-state index in [0.29, 0.717) is 12.1 Å². The number of anilines is 2. The third-order valence-electron chi connectivity index (χ3n) is 6.30. The molecule has 3 heterocycles. The topological polar surface area (TPSA) is 69.7 Å². The Labute approximate surface area is 163 Å². The molecule has 0 unspecified atom stereocenters. The molecule has 0 aliphatic carbocycles. The van der Waals surface area contributed by atoms with Gasteiger partial charge in [-0.1, -0.05) is 35.9 Å². The molecular formula is C22H21N3O3. The zero-order chi connectivity index (χ0) is 19.5. The van der Waals surface area contributed by atoms with Crippen molar-refractivity contribution in [2.75, 3.05) is 16.3 Å². The smallest absolute Gasteiger partial charge is 0.335 e. The van der Waals surface area contributed by atoms with E-state index in [1.165, 1.54) is 0 Å². The molecule has 142 valence electrons. The quantitative estimate of drug-likeness (QED) is 0.778. The van der Waals surface area contributed by atoms with Gasteiger partial charge in [0.15, 0.2) is 5.41 Å². The first-order chi connectivity index (χ1) is 13.5. The SMILES string of the molecule is Cc1ccc(N2C(=O)NC(=O)[C@]3(Cc4ccccc4N4CCC[C@@H]43)C2=O)cc1. The number of urea groups is 1. The van der Waals surface area contributed by atoms with Gasteiger partial charge in [0.2, 0.25) is 5.91 Å². The normalized spacial score (nSPS) is 26.3. The average Bonchev–Trinajstić information content (AvgIpc) is 3.18. The monoisotopic (exact) mass is 375 g/mol. The number of imide groups is 2. The second-order valence-electron chi connectivity index (χ2n) is 7.86. The van der Waals surface area contributed by atoms with Gasteiger partial charge in [0, 0.05) is 12.2 Å². The molecular weight excluding hydrogens is 354 g/mol. The van der Waals surface area contributed by atoms with Crippen LogP contribution in [0.15, 0.2) is 48.5 Å². The zero-order valence-corrected chi connectivity index (χ0v) is 15.6. The van der Waals surface area contributed by atoms with Crippen LogP contribution in [0.1, 0.15) is 24.0 Å². The molecule has 2 saturated heterocycles. The second-order valence-corrected chi connectivity index (χ2v) is 7.86. The van der Waals surface area contributed by atoms with Gasteiger partial charge in [-0.15, -0.1) is 0 Å². The number of rotatable bonds is 1.